The molecule has 0 amide bonds. The largest absolute Gasteiger partial charge is 0.462 e. The van der Waals surface area contributed by atoms with Gasteiger partial charge in [-0.25, -0.2) is 0 Å². The van der Waals surface area contributed by atoms with E-state index in [4.69, 9.17) is 15.2 Å². The van der Waals surface area contributed by atoms with Crippen LogP contribution in [0.1, 0.15) is 60.3 Å². The van der Waals surface area contributed by atoms with Crippen molar-refractivity contribution in [3.63, 3.8) is 0 Å². The summed E-state index contributed by atoms with van der Waals surface area (Å²) in [5.74, 6) is -0.373. The van der Waals surface area contributed by atoms with Gasteiger partial charge in [0.1, 0.15) is 18.3 Å². The Bertz CT molecular complexity index is 502. The zero-order valence-corrected chi connectivity index (χ0v) is 18.9. The fourth-order valence-electron chi connectivity index (χ4n) is 4.11. The molecule has 0 aromatic carbocycles. The molecule has 1 heterocycles. The van der Waals surface area contributed by atoms with Gasteiger partial charge < -0.3 is 25.6 Å². The summed E-state index contributed by atoms with van der Waals surface area (Å²) >= 11 is 0. The monoisotopic (exact) mass is 414 g/mol. The molecular weight excluding hydrogens is 372 g/mol. The number of ether oxygens (including phenoxy) is 2. The molecule has 0 bridgehead atoms. The van der Waals surface area contributed by atoms with Crippen LogP contribution in [0.5, 0.6) is 0 Å². The maximum absolute atomic E-state index is 12.8. The van der Waals surface area contributed by atoms with Gasteiger partial charge in [0.15, 0.2) is 0 Å². The average molecular weight is 415 g/mol. The number of rotatable bonds is 5. The lowest BCUT2D eigenvalue weighted by atomic mass is 9.84. The van der Waals surface area contributed by atoms with Gasteiger partial charge in [0.2, 0.25) is 0 Å². The Morgan fingerprint density at radius 1 is 1.24 bits per heavy atom. The number of ketones is 1. The number of nitrogens with one attached hydrogen (secondary N) is 1. The minimum absolute atomic E-state index is 0.0790. The molecule has 1 fully saturated rings. The molecular formula is C22H42N2O5. The lowest BCUT2D eigenvalue weighted by molar-refractivity contribution is -0.155. The van der Waals surface area contributed by atoms with Gasteiger partial charge in [-0.2, -0.15) is 0 Å². The number of aliphatic hydroxyl groups excluding tert-OH is 1. The summed E-state index contributed by atoms with van der Waals surface area (Å²) in [5.41, 5.74) is 5.48. The molecule has 1 aliphatic heterocycles. The summed E-state index contributed by atoms with van der Waals surface area (Å²) < 4.78 is 11.6. The smallest absolute Gasteiger partial charge is 0.313 e. The molecule has 1 unspecified atom stereocenters. The Kier molecular flexibility index (Phi) is 11.9. The Labute approximate surface area is 176 Å². The summed E-state index contributed by atoms with van der Waals surface area (Å²) in [5, 5.41) is 13.3. The van der Waals surface area contributed by atoms with Gasteiger partial charge in [-0.1, -0.05) is 34.6 Å². The van der Waals surface area contributed by atoms with Gasteiger partial charge in [-0.05, 0) is 50.1 Å². The van der Waals surface area contributed by atoms with Crippen molar-refractivity contribution < 1.29 is 24.2 Å². The van der Waals surface area contributed by atoms with Crippen LogP contribution >= 0.6 is 0 Å². The summed E-state index contributed by atoms with van der Waals surface area (Å²) in [6.07, 6.45) is 0.951. The molecule has 170 valence electrons. The average Bonchev–Trinajstić information content (AvgIpc) is 2.68. The van der Waals surface area contributed by atoms with Crippen molar-refractivity contribution >= 4 is 11.8 Å². The number of esters is 1. The summed E-state index contributed by atoms with van der Waals surface area (Å²) in [4.78, 5) is 25.2. The van der Waals surface area contributed by atoms with Gasteiger partial charge in [-0.3, -0.25) is 9.59 Å². The van der Waals surface area contributed by atoms with Crippen molar-refractivity contribution in [2.45, 2.75) is 78.6 Å². The predicted molar refractivity (Wildman–Crippen MR) is 113 cm³/mol. The summed E-state index contributed by atoms with van der Waals surface area (Å²) in [6.45, 7) is 12.1. The molecule has 0 spiro atoms. The van der Waals surface area contributed by atoms with Crippen LogP contribution in [0, 0.1) is 23.7 Å². The number of nitrogens with two attached hydrogens (primary N) is 1. The van der Waals surface area contributed by atoms with Crippen molar-refractivity contribution in [1.29, 1.82) is 0 Å². The zero-order chi connectivity index (χ0) is 22.0. The SMILES string of the molecule is CC[C@H]1OC(=O)CC(=O)[C@H](C)[C@@H](OCC(O)CN)[C@@H](C)C[C@@H](C)CNCC[C@H]1C. The topological polar surface area (TPSA) is 111 Å². The van der Waals surface area contributed by atoms with Crippen LogP contribution in [0.4, 0.5) is 0 Å². The van der Waals surface area contributed by atoms with E-state index in [0.717, 1.165) is 32.4 Å². The zero-order valence-electron chi connectivity index (χ0n) is 18.9. The van der Waals surface area contributed by atoms with Crippen LogP contribution in [0.25, 0.3) is 0 Å². The molecule has 0 aromatic heterocycles. The van der Waals surface area contributed by atoms with E-state index in [1.54, 1.807) is 6.92 Å². The van der Waals surface area contributed by atoms with E-state index < -0.39 is 18.0 Å². The number of cyclic esters (lactones) is 1. The van der Waals surface area contributed by atoms with E-state index in [1.807, 2.05) is 6.92 Å². The molecule has 0 aliphatic carbocycles. The van der Waals surface area contributed by atoms with Crippen molar-refractivity contribution in [2.24, 2.45) is 29.4 Å². The predicted octanol–water partition coefficient (Wildman–Crippen LogP) is 1.90. The third-order valence-electron chi connectivity index (χ3n) is 6.00. The minimum Gasteiger partial charge on any atom is -0.462 e. The van der Waals surface area contributed by atoms with Crippen molar-refractivity contribution in [3.8, 4) is 0 Å². The lowest BCUT2D eigenvalue weighted by Gasteiger charge is -2.31. The van der Waals surface area contributed by atoms with Gasteiger partial charge in [-0.15, -0.1) is 0 Å². The molecule has 7 atom stereocenters. The molecule has 0 saturated carbocycles. The Balaban J connectivity index is 2.97. The van der Waals surface area contributed by atoms with Crippen LogP contribution in [-0.4, -0.2) is 61.4 Å². The normalized spacial score (nSPS) is 34.7. The minimum atomic E-state index is -0.767. The lowest BCUT2D eigenvalue weighted by Crippen LogP contribution is -2.39. The summed E-state index contributed by atoms with van der Waals surface area (Å²) in [6, 6.07) is 0. The number of carbonyl (C=O) groups is 2. The van der Waals surface area contributed by atoms with Crippen molar-refractivity contribution in [2.75, 3.05) is 26.2 Å². The maximum atomic E-state index is 12.8. The fourth-order valence-corrected chi connectivity index (χ4v) is 4.11. The first kappa shape index (κ1) is 26.0. The van der Waals surface area contributed by atoms with Crippen molar-refractivity contribution in [3.05, 3.63) is 0 Å². The highest BCUT2D eigenvalue weighted by Crippen LogP contribution is 2.26. The first-order valence-electron chi connectivity index (χ1n) is 11.1. The second-order valence-corrected chi connectivity index (χ2v) is 8.84. The molecule has 1 aliphatic rings. The van der Waals surface area contributed by atoms with Crippen LogP contribution < -0.4 is 11.1 Å². The first-order valence-corrected chi connectivity index (χ1v) is 11.1. The van der Waals surface area contributed by atoms with Gasteiger partial charge in [0.25, 0.3) is 0 Å². The molecule has 0 radical (unpaired) electrons. The van der Waals surface area contributed by atoms with Crippen LogP contribution in [0.15, 0.2) is 0 Å². The highest BCUT2D eigenvalue weighted by molar-refractivity contribution is 5.97. The number of hydrogen-bond donors (Lipinski definition) is 3. The second-order valence-electron chi connectivity index (χ2n) is 8.84. The molecule has 7 heteroatoms. The third-order valence-corrected chi connectivity index (χ3v) is 6.00. The molecule has 4 N–H and O–H groups in total. The number of carbonyl (C=O) groups excluding carboxylic acids is 2. The first-order chi connectivity index (χ1) is 13.7. The highest BCUT2D eigenvalue weighted by atomic mass is 16.5. The van der Waals surface area contributed by atoms with Crippen molar-refractivity contribution in [1.82, 2.24) is 5.32 Å². The Hall–Kier alpha value is -1.02. The van der Waals surface area contributed by atoms with E-state index in [0.29, 0.717) is 5.92 Å². The summed E-state index contributed by atoms with van der Waals surface area (Å²) in [7, 11) is 0. The van der Waals surface area contributed by atoms with Gasteiger partial charge in [0, 0.05) is 12.5 Å². The number of Topliss-reactive ketones (excluding diaryl/α,β-unsaturated/α-hetero) is 1. The van der Waals surface area contributed by atoms with Crippen LogP contribution in [-0.2, 0) is 19.1 Å². The molecule has 1 rings (SSSR count). The third kappa shape index (κ3) is 9.11. The Morgan fingerprint density at radius 2 is 1.93 bits per heavy atom. The molecule has 29 heavy (non-hydrogen) atoms. The quantitative estimate of drug-likeness (QED) is 0.465. The maximum Gasteiger partial charge on any atom is 0.313 e. The van der Waals surface area contributed by atoms with Gasteiger partial charge >= 0.3 is 5.97 Å². The second kappa shape index (κ2) is 13.3. The van der Waals surface area contributed by atoms with Gasteiger partial charge in [0.05, 0.1) is 18.8 Å². The fraction of sp³-hybridized carbons (Fsp3) is 0.909. The molecule has 0 aromatic rings. The highest BCUT2D eigenvalue weighted by Gasteiger charge is 2.33. The molecule has 1 saturated heterocycles. The van der Waals surface area contributed by atoms with E-state index in [9.17, 15) is 14.7 Å². The van der Waals surface area contributed by atoms with E-state index >= 15 is 0 Å². The van der Waals surface area contributed by atoms with E-state index in [-0.39, 0.29) is 49.4 Å². The van der Waals surface area contributed by atoms with E-state index in [2.05, 4.69) is 26.1 Å². The number of aliphatic hydroxyl groups is 1. The van der Waals surface area contributed by atoms with Crippen LogP contribution in [0.2, 0.25) is 0 Å². The van der Waals surface area contributed by atoms with E-state index in [1.165, 1.54) is 0 Å². The number of hydrogen-bond acceptors (Lipinski definition) is 7. The molecule has 7 nitrogen and oxygen atoms in total. The standard InChI is InChI=1S/C22H42N2O5/c1-6-20-15(3)7-8-24-12-14(2)9-16(4)22(28-13-18(25)11-23)17(5)19(26)10-21(27)29-20/h14-18,20,22,24-25H,6-13,23H2,1-5H3/t14-,15-,16+,17+,18?,20-,22+/m1/s1. The van der Waals surface area contributed by atoms with Crippen LogP contribution in [0.3, 0.4) is 0 Å². The Morgan fingerprint density at radius 3 is 2.55 bits per heavy atom.